The first kappa shape index (κ1) is 11.0. The van der Waals surface area contributed by atoms with Crippen LogP contribution < -0.4 is 4.74 Å². The van der Waals surface area contributed by atoms with Crippen molar-refractivity contribution in [2.24, 2.45) is 0 Å². The van der Waals surface area contributed by atoms with E-state index < -0.39 is 0 Å². The molecule has 0 aliphatic carbocycles. The zero-order chi connectivity index (χ0) is 9.84. The van der Waals surface area contributed by atoms with Crippen LogP contribution in [0.2, 0.25) is 15.1 Å². The van der Waals surface area contributed by atoms with Crippen LogP contribution in [0.4, 0.5) is 0 Å². The molecule has 0 N–H and O–H groups in total. The van der Waals surface area contributed by atoms with E-state index in [1.165, 1.54) is 0 Å². The molecule has 0 fully saturated rings. The van der Waals surface area contributed by atoms with Crippen molar-refractivity contribution in [1.82, 2.24) is 0 Å². The molecule has 1 aromatic rings. The Morgan fingerprint density at radius 1 is 1.23 bits per heavy atom. The molecule has 0 bridgehead atoms. The van der Waals surface area contributed by atoms with Crippen LogP contribution in [0.5, 0.6) is 5.75 Å². The summed E-state index contributed by atoms with van der Waals surface area (Å²) in [5, 5.41) is 1.36. The summed E-state index contributed by atoms with van der Waals surface area (Å²) in [4.78, 5) is 0. The maximum atomic E-state index is 5.89. The Kier molecular flexibility index (Phi) is 4.17. The summed E-state index contributed by atoms with van der Waals surface area (Å²) in [7, 11) is 0. The number of hydrogen-bond donors (Lipinski definition) is 0. The van der Waals surface area contributed by atoms with Gasteiger partial charge in [-0.3, -0.25) is 0 Å². The Labute approximate surface area is 92.5 Å². The van der Waals surface area contributed by atoms with Gasteiger partial charge in [-0.1, -0.05) is 41.7 Å². The van der Waals surface area contributed by atoms with Crippen LogP contribution in [-0.2, 0) is 0 Å². The zero-order valence-corrected chi connectivity index (χ0v) is 9.38. The molecule has 1 nitrogen and oxygen atoms in total. The van der Waals surface area contributed by atoms with Crippen LogP contribution >= 0.6 is 34.8 Å². The predicted octanol–water partition coefficient (Wildman–Crippen LogP) is 4.44. The highest BCUT2D eigenvalue weighted by Crippen LogP contribution is 2.35. The lowest BCUT2D eigenvalue weighted by Crippen LogP contribution is -1.95. The first-order chi connectivity index (χ1) is 6.15. The second-order valence-corrected chi connectivity index (χ2v) is 3.77. The molecule has 0 saturated carbocycles. The van der Waals surface area contributed by atoms with Crippen LogP contribution in [0.3, 0.4) is 0 Å². The van der Waals surface area contributed by atoms with E-state index in [2.05, 4.69) is 0 Å². The van der Waals surface area contributed by atoms with E-state index in [9.17, 15) is 0 Å². The van der Waals surface area contributed by atoms with Crippen LogP contribution in [0.15, 0.2) is 12.1 Å². The fourth-order valence-electron chi connectivity index (χ4n) is 0.849. The molecule has 72 valence electrons. The van der Waals surface area contributed by atoms with Gasteiger partial charge in [0.2, 0.25) is 0 Å². The number of hydrogen-bond acceptors (Lipinski definition) is 1. The molecular weight excluding hydrogens is 230 g/mol. The molecule has 0 aliphatic heterocycles. The lowest BCUT2D eigenvalue weighted by atomic mass is 10.3. The molecule has 0 aliphatic rings. The summed E-state index contributed by atoms with van der Waals surface area (Å²) in [6.45, 7) is 2.62. The number of halogens is 3. The molecular formula is C9H9Cl3O. The molecule has 0 aromatic heterocycles. The first-order valence-corrected chi connectivity index (χ1v) is 5.06. The molecule has 1 rings (SSSR count). The third kappa shape index (κ3) is 2.94. The fraction of sp³-hybridized carbons (Fsp3) is 0.333. The number of benzene rings is 1. The smallest absolute Gasteiger partial charge is 0.140 e. The van der Waals surface area contributed by atoms with Crippen molar-refractivity contribution >= 4 is 34.8 Å². The second kappa shape index (κ2) is 4.94. The van der Waals surface area contributed by atoms with Gasteiger partial charge in [0.05, 0.1) is 11.6 Å². The molecule has 1 aromatic carbocycles. The summed E-state index contributed by atoms with van der Waals surface area (Å²) >= 11 is 17.5. The molecule has 0 atom stereocenters. The molecule has 0 unspecified atom stereocenters. The summed E-state index contributed by atoms with van der Waals surface area (Å²) in [6, 6.07) is 3.25. The highest BCUT2D eigenvalue weighted by molar-refractivity contribution is 6.44. The van der Waals surface area contributed by atoms with Crippen molar-refractivity contribution in [2.75, 3.05) is 6.61 Å². The lowest BCUT2D eigenvalue weighted by Gasteiger charge is -2.08. The summed E-state index contributed by atoms with van der Waals surface area (Å²) in [6.07, 6.45) is 0.917. The van der Waals surface area contributed by atoms with E-state index >= 15 is 0 Å². The van der Waals surface area contributed by atoms with Crippen molar-refractivity contribution in [2.45, 2.75) is 13.3 Å². The molecule has 0 saturated heterocycles. The average molecular weight is 240 g/mol. The number of ether oxygens (including phenoxy) is 1. The first-order valence-electron chi connectivity index (χ1n) is 3.92. The largest absolute Gasteiger partial charge is 0.492 e. The summed E-state index contributed by atoms with van der Waals surface area (Å²) < 4.78 is 5.35. The Morgan fingerprint density at radius 3 is 2.54 bits per heavy atom. The minimum atomic E-state index is 0.416. The molecule has 0 spiro atoms. The highest BCUT2D eigenvalue weighted by atomic mass is 35.5. The average Bonchev–Trinajstić information content (AvgIpc) is 2.09. The van der Waals surface area contributed by atoms with Crippen LogP contribution in [0, 0.1) is 0 Å². The molecule has 0 heterocycles. The van der Waals surface area contributed by atoms with Crippen LogP contribution in [-0.4, -0.2) is 6.61 Å². The van der Waals surface area contributed by atoms with Crippen LogP contribution in [0.1, 0.15) is 13.3 Å². The van der Waals surface area contributed by atoms with E-state index in [0.717, 1.165) is 6.42 Å². The minimum Gasteiger partial charge on any atom is -0.492 e. The van der Waals surface area contributed by atoms with E-state index in [4.69, 9.17) is 39.5 Å². The predicted molar refractivity (Wildman–Crippen MR) is 57.3 cm³/mol. The summed E-state index contributed by atoms with van der Waals surface area (Å²) in [5.41, 5.74) is 0. The third-order valence-electron chi connectivity index (χ3n) is 1.42. The fourth-order valence-corrected chi connectivity index (χ4v) is 1.49. The molecule has 13 heavy (non-hydrogen) atoms. The van der Waals surface area contributed by atoms with Crippen molar-refractivity contribution in [3.8, 4) is 5.75 Å². The monoisotopic (exact) mass is 238 g/mol. The lowest BCUT2D eigenvalue weighted by molar-refractivity contribution is 0.317. The van der Waals surface area contributed by atoms with E-state index in [-0.39, 0.29) is 0 Å². The van der Waals surface area contributed by atoms with Crippen molar-refractivity contribution in [1.29, 1.82) is 0 Å². The van der Waals surface area contributed by atoms with Crippen molar-refractivity contribution < 1.29 is 4.74 Å². The van der Waals surface area contributed by atoms with Gasteiger partial charge < -0.3 is 4.74 Å². The Balaban J connectivity index is 2.92. The van der Waals surface area contributed by atoms with Gasteiger partial charge in [0.1, 0.15) is 10.8 Å². The minimum absolute atomic E-state index is 0.416. The quantitative estimate of drug-likeness (QED) is 0.709. The highest BCUT2D eigenvalue weighted by Gasteiger charge is 2.07. The molecule has 4 heteroatoms. The Bertz CT molecular complexity index is 299. The van der Waals surface area contributed by atoms with Gasteiger partial charge in [0, 0.05) is 11.1 Å². The SMILES string of the molecule is CCCOc1cc(Cl)cc(Cl)c1Cl. The van der Waals surface area contributed by atoms with Gasteiger partial charge in [0.25, 0.3) is 0 Å². The Hall–Kier alpha value is -0.110. The molecule has 0 amide bonds. The maximum absolute atomic E-state index is 5.89. The third-order valence-corrected chi connectivity index (χ3v) is 2.42. The van der Waals surface area contributed by atoms with Gasteiger partial charge in [-0.2, -0.15) is 0 Å². The van der Waals surface area contributed by atoms with E-state index in [1.54, 1.807) is 12.1 Å². The van der Waals surface area contributed by atoms with E-state index in [0.29, 0.717) is 27.4 Å². The van der Waals surface area contributed by atoms with E-state index in [1.807, 2.05) is 6.92 Å². The summed E-state index contributed by atoms with van der Waals surface area (Å²) in [5.74, 6) is 0.543. The second-order valence-electron chi connectivity index (χ2n) is 2.55. The van der Waals surface area contributed by atoms with Crippen molar-refractivity contribution in [3.05, 3.63) is 27.2 Å². The maximum Gasteiger partial charge on any atom is 0.140 e. The van der Waals surface area contributed by atoms with Crippen LogP contribution in [0.25, 0.3) is 0 Å². The standard InChI is InChI=1S/C9H9Cl3O/c1-2-3-13-8-5-6(10)4-7(11)9(8)12/h4-5H,2-3H2,1H3. The van der Waals surface area contributed by atoms with Gasteiger partial charge in [-0.05, 0) is 12.5 Å². The number of rotatable bonds is 3. The normalized spacial score (nSPS) is 10.2. The zero-order valence-electron chi connectivity index (χ0n) is 7.11. The molecule has 0 radical (unpaired) electrons. The van der Waals surface area contributed by atoms with Gasteiger partial charge in [0.15, 0.2) is 0 Å². The van der Waals surface area contributed by atoms with Gasteiger partial charge in [-0.15, -0.1) is 0 Å². The van der Waals surface area contributed by atoms with Gasteiger partial charge in [-0.25, -0.2) is 0 Å². The Morgan fingerprint density at radius 2 is 1.92 bits per heavy atom. The topological polar surface area (TPSA) is 9.23 Å². The van der Waals surface area contributed by atoms with Crippen molar-refractivity contribution in [3.63, 3.8) is 0 Å². The van der Waals surface area contributed by atoms with Gasteiger partial charge >= 0.3 is 0 Å².